The maximum Gasteiger partial charge on any atom is 0.226 e. The van der Waals surface area contributed by atoms with Gasteiger partial charge in [0.05, 0.1) is 31.7 Å². The Kier molecular flexibility index (Phi) is 20.4. The number of hydrogen-bond donors (Lipinski definition) is 6. The molecule has 2 amide bonds. The van der Waals surface area contributed by atoms with Crippen molar-refractivity contribution in [1.29, 1.82) is 0 Å². The number of nitrogens with one attached hydrogen (secondary N) is 5. The third-order valence-electron chi connectivity index (χ3n) is 6.56. The van der Waals surface area contributed by atoms with Crippen LogP contribution in [-0.4, -0.2) is 94.2 Å². The molecule has 0 aromatic rings. The van der Waals surface area contributed by atoms with Crippen LogP contribution in [0, 0.1) is 17.8 Å². The van der Waals surface area contributed by atoms with E-state index in [1.54, 1.807) is 20.9 Å². The van der Waals surface area contributed by atoms with E-state index >= 15 is 0 Å². The SMILES string of the molecule is CNCCCCC(CC(=O)C(CCCCNC)NC)C(=O)NCC(=O)CC(CO)C(=O)NCC(=O)C(C)C. The van der Waals surface area contributed by atoms with Gasteiger partial charge in [0.1, 0.15) is 0 Å². The fourth-order valence-corrected chi connectivity index (χ4v) is 3.96. The zero-order chi connectivity index (χ0) is 28.9. The van der Waals surface area contributed by atoms with Crippen LogP contribution in [0.3, 0.4) is 0 Å². The Balaban J connectivity index is 4.97. The Labute approximate surface area is 228 Å². The second-order valence-corrected chi connectivity index (χ2v) is 10.1. The van der Waals surface area contributed by atoms with E-state index in [1.165, 1.54) is 0 Å². The van der Waals surface area contributed by atoms with Crippen molar-refractivity contribution in [2.45, 2.75) is 71.3 Å². The summed E-state index contributed by atoms with van der Waals surface area (Å²) in [5.74, 6) is -3.33. The summed E-state index contributed by atoms with van der Waals surface area (Å²) in [6.07, 6.45) is 4.50. The van der Waals surface area contributed by atoms with Crippen molar-refractivity contribution in [3.63, 3.8) is 0 Å². The number of Topliss-reactive ketones (excluding diaryl/α,β-unsaturated/α-hetero) is 3. The Bertz CT molecular complexity index is 731. The number of rotatable bonds is 24. The van der Waals surface area contributed by atoms with E-state index in [9.17, 15) is 29.1 Å². The molecule has 6 N–H and O–H groups in total. The molecule has 0 saturated carbocycles. The van der Waals surface area contributed by atoms with Gasteiger partial charge in [-0.3, -0.25) is 24.0 Å². The Morgan fingerprint density at radius 1 is 0.684 bits per heavy atom. The number of ketones is 3. The molecule has 0 bridgehead atoms. The molecule has 11 nitrogen and oxygen atoms in total. The minimum atomic E-state index is -1.00. The van der Waals surface area contributed by atoms with Crippen LogP contribution >= 0.6 is 0 Å². The highest BCUT2D eigenvalue weighted by atomic mass is 16.3. The van der Waals surface area contributed by atoms with Crippen molar-refractivity contribution >= 4 is 29.2 Å². The van der Waals surface area contributed by atoms with Gasteiger partial charge in [0, 0.05) is 24.7 Å². The molecule has 0 aromatic carbocycles. The number of unbranched alkanes of at least 4 members (excludes halogenated alkanes) is 2. The van der Waals surface area contributed by atoms with Crippen molar-refractivity contribution in [1.82, 2.24) is 26.6 Å². The van der Waals surface area contributed by atoms with Crippen LogP contribution in [0.5, 0.6) is 0 Å². The van der Waals surface area contributed by atoms with Gasteiger partial charge in [0.25, 0.3) is 0 Å². The van der Waals surface area contributed by atoms with E-state index in [-0.39, 0.29) is 55.4 Å². The van der Waals surface area contributed by atoms with Gasteiger partial charge in [0.2, 0.25) is 11.8 Å². The van der Waals surface area contributed by atoms with Gasteiger partial charge in [-0.1, -0.05) is 26.7 Å². The van der Waals surface area contributed by atoms with Gasteiger partial charge in [-0.05, 0) is 59.9 Å². The summed E-state index contributed by atoms with van der Waals surface area (Å²) in [6, 6.07) is -0.326. The van der Waals surface area contributed by atoms with E-state index < -0.39 is 30.1 Å². The van der Waals surface area contributed by atoms with Gasteiger partial charge in [-0.2, -0.15) is 0 Å². The van der Waals surface area contributed by atoms with Crippen LogP contribution in [0.15, 0.2) is 0 Å². The lowest BCUT2D eigenvalue weighted by atomic mass is 9.91. The highest BCUT2D eigenvalue weighted by Crippen LogP contribution is 2.17. The summed E-state index contributed by atoms with van der Waals surface area (Å²) in [6.45, 7) is 4.11. The molecule has 3 atom stereocenters. The molecule has 0 saturated heterocycles. The third-order valence-corrected chi connectivity index (χ3v) is 6.56. The fourth-order valence-electron chi connectivity index (χ4n) is 3.96. The van der Waals surface area contributed by atoms with Crippen LogP contribution in [0.2, 0.25) is 0 Å². The molecule has 0 aromatic heterocycles. The summed E-state index contributed by atoms with van der Waals surface area (Å²) in [5.41, 5.74) is 0. The smallest absolute Gasteiger partial charge is 0.226 e. The molecule has 3 unspecified atom stereocenters. The summed E-state index contributed by atoms with van der Waals surface area (Å²) in [5, 5.41) is 23.9. The van der Waals surface area contributed by atoms with Crippen molar-refractivity contribution in [3.05, 3.63) is 0 Å². The number of amides is 2. The van der Waals surface area contributed by atoms with Crippen molar-refractivity contribution < 1.29 is 29.1 Å². The second kappa shape index (κ2) is 21.7. The molecule has 0 aliphatic heterocycles. The minimum Gasteiger partial charge on any atom is -0.396 e. The third kappa shape index (κ3) is 15.9. The van der Waals surface area contributed by atoms with Crippen molar-refractivity contribution in [2.75, 3.05) is 53.9 Å². The van der Waals surface area contributed by atoms with E-state index in [2.05, 4.69) is 26.6 Å². The van der Waals surface area contributed by atoms with Crippen LogP contribution < -0.4 is 26.6 Å². The summed E-state index contributed by atoms with van der Waals surface area (Å²) >= 11 is 0. The summed E-state index contributed by atoms with van der Waals surface area (Å²) < 4.78 is 0. The monoisotopic (exact) mass is 541 g/mol. The molecule has 220 valence electrons. The first-order valence-electron chi connectivity index (χ1n) is 13.8. The lowest BCUT2D eigenvalue weighted by Crippen LogP contribution is -2.41. The summed E-state index contributed by atoms with van der Waals surface area (Å²) in [7, 11) is 5.48. The van der Waals surface area contributed by atoms with Gasteiger partial charge < -0.3 is 31.7 Å². The molecule has 11 heteroatoms. The molecular formula is C27H51N5O6. The maximum atomic E-state index is 13.0. The second-order valence-electron chi connectivity index (χ2n) is 10.1. The number of likely N-dealkylation sites (N-methyl/N-ethyl adjacent to an activating group) is 1. The van der Waals surface area contributed by atoms with Gasteiger partial charge in [-0.15, -0.1) is 0 Å². The van der Waals surface area contributed by atoms with Gasteiger partial charge in [-0.25, -0.2) is 0 Å². The fraction of sp³-hybridized carbons (Fsp3) is 0.815. The van der Waals surface area contributed by atoms with E-state index in [4.69, 9.17) is 0 Å². The predicted octanol–water partition coefficient (Wildman–Crippen LogP) is -0.0456. The number of aliphatic hydroxyl groups excluding tert-OH is 1. The first kappa shape index (κ1) is 35.8. The Morgan fingerprint density at radius 3 is 1.76 bits per heavy atom. The molecule has 0 rings (SSSR count). The number of aliphatic hydroxyl groups is 1. The molecular weight excluding hydrogens is 490 g/mol. The van der Waals surface area contributed by atoms with E-state index in [0.29, 0.717) is 12.8 Å². The average Bonchev–Trinajstić information content (AvgIpc) is 2.90. The molecule has 38 heavy (non-hydrogen) atoms. The van der Waals surface area contributed by atoms with Crippen LogP contribution in [-0.2, 0) is 24.0 Å². The first-order chi connectivity index (χ1) is 18.1. The minimum absolute atomic E-state index is 0.0231. The summed E-state index contributed by atoms with van der Waals surface area (Å²) in [4.78, 5) is 62.4. The predicted molar refractivity (Wildman–Crippen MR) is 148 cm³/mol. The van der Waals surface area contributed by atoms with E-state index in [1.807, 2.05) is 14.1 Å². The molecule has 0 aliphatic carbocycles. The zero-order valence-corrected chi connectivity index (χ0v) is 24.0. The highest BCUT2D eigenvalue weighted by molar-refractivity contribution is 5.93. The molecule has 0 fully saturated rings. The lowest BCUT2D eigenvalue weighted by molar-refractivity contribution is -0.133. The molecule has 0 aliphatic rings. The lowest BCUT2D eigenvalue weighted by Gasteiger charge is -2.20. The largest absolute Gasteiger partial charge is 0.396 e. The maximum absolute atomic E-state index is 13.0. The van der Waals surface area contributed by atoms with Crippen LogP contribution in [0.25, 0.3) is 0 Å². The number of carbonyl (C=O) groups is 5. The number of carbonyl (C=O) groups excluding carboxylic acids is 5. The molecule has 0 heterocycles. The zero-order valence-electron chi connectivity index (χ0n) is 24.0. The topological polar surface area (TPSA) is 166 Å². The normalized spacial score (nSPS) is 13.6. The number of hydrogen-bond acceptors (Lipinski definition) is 9. The molecule has 0 radical (unpaired) electrons. The van der Waals surface area contributed by atoms with Crippen LogP contribution in [0.4, 0.5) is 0 Å². The van der Waals surface area contributed by atoms with Gasteiger partial charge >= 0.3 is 0 Å². The Hall–Kier alpha value is -2.21. The molecule has 0 spiro atoms. The van der Waals surface area contributed by atoms with Gasteiger partial charge in [0.15, 0.2) is 17.3 Å². The Morgan fingerprint density at radius 2 is 1.24 bits per heavy atom. The highest BCUT2D eigenvalue weighted by Gasteiger charge is 2.27. The quantitative estimate of drug-likeness (QED) is 0.0919. The van der Waals surface area contributed by atoms with Crippen LogP contribution in [0.1, 0.15) is 65.2 Å². The first-order valence-corrected chi connectivity index (χ1v) is 13.8. The van der Waals surface area contributed by atoms with Crippen molar-refractivity contribution in [2.24, 2.45) is 17.8 Å². The van der Waals surface area contributed by atoms with E-state index in [0.717, 1.165) is 38.8 Å². The van der Waals surface area contributed by atoms with Crippen molar-refractivity contribution in [3.8, 4) is 0 Å². The average molecular weight is 542 g/mol. The standard InChI is InChI=1S/C27H51N5O6/c1-19(2)25(36)17-32-27(38)21(18-33)14-22(34)16-31-26(37)20(10-6-8-12-28-3)15-24(35)23(30-5)11-7-9-13-29-4/h19-21,23,28-30,33H,6-18H2,1-5H3,(H,31,37)(H,32,38).